The molecular formula is C13H16N2O2. The van der Waals surface area contributed by atoms with E-state index in [-0.39, 0.29) is 23.4 Å². The van der Waals surface area contributed by atoms with Crippen LogP contribution in [0.4, 0.5) is 5.69 Å². The van der Waals surface area contributed by atoms with Crippen molar-refractivity contribution in [1.29, 1.82) is 0 Å². The van der Waals surface area contributed by atoms with Gasteiger partial charge in [0.25, 0.3) is 5.91 Å². The van der Waals surface area contributed by atoms with Crippen LogP contribution in [0.5, 0.6) is 5.75 Å². The third kappa shape index (κ3) is 3.42. The van der Waals surface area contributed by atoms with Crippen molar-refractivity contribution in [2.24, 2.45) is 0 Å². The third-order valence-electron chi connectivity index (χ3n) is 2.38. The molecule has 90 valence electrons. The highest BCUT2D eigenvalue weighted by Gasteiger charge is 2.11. The first-order valence-electron chi connectivity index (χ1n) is 5.44. The number of nitrogens with one attached hydrogen (secondary N) is 1. The van der Waals surface area contributed by atoms with E-state index in [0.29, 0.717) is 5.56 Å². The van der Waals surface area contributed by atoms with Crippen LogP contribution in [0.25, 0.3) is 0 Å². The van der Waals surface area contributed by atoms with Crippen molar-refractivity contribution in [2.45, 2.75) is 25.8 Å². The van der Waals surface area contributed by atoms with E-state index in [1.807, 2.05) is 6.92 Å². The number of phenolic OH excluding ortho intramolecular Hbond substituents is 1. The molecule has 0 aliphatic carbocycles. The van der Waals surface area contributed by atoms with Crippen molar-refractivity contribution in [2.75, 3.05) is 5.73 Å². The van der Waals surface area contributed by atoms with Gasteiger partial charge in [-0.25, -0.2) is 0 Å². The monoisotopic (exact) mass is 232 g/mol. The van der Waals surface area contributed by atoms with Gasteiger partial charge in [-0.2, -0.15) is 0 Å². The fourth-order valence-corrected chi connectivity index (χ4v) is 1.41. The summed E-state index contributed by atoms with van der Waals surface area (Å²) in [7, 11) is 0. The highest BCUT2D eigenvalue weighted by atomic mass is 16.3. The van der Waals surface area contributed by atoms with E-state index in [0.717, 1.165) is 12.8 Å². The summed E-state index contributed by atoms with van der Waals surface area (Å²) >= 11 is 0. The smallest absolute Gasteiger partial charge is 0.252 e. The van der Waals surface area contributed by atoms with Crippen LogP contribution >= 0.6 is 0 Å². The predicted molar refractivity (Wildman–Crippen MR) is 67.5 cm³/mol. The molecule has 1 unspecified atom stereocenters. The van der Waals surface area contributed by atoms with E-state index in [9.17, 15) is 9.90 Å². The first-order chi connectivity index (χ1) is 8.08. The minimum absolute atomic E-state index is 0.106. The largest absolute Gasteiger partial charge is 0.506 e. The molecule has 0 aliphatic heterocycles. The quantitative estimate of drug-likeness (QED) is 0.418. The highest BCUT2D eigenvalue weighted by molar-refractivity contribution is 5.95. The molecule has 0 heterocycles. The van der Waals surface area contributed by atoms with Gasteiger partial charge >= 0.3 is 0 Å². The second kappa shape index (κ2) is 5.80. The molecule has 0 fully saturated rings. The molecular weight excluding hydrogens is 216 g/mol. The number of hydrogen-bond acceptors (Lipinski definition) is 3. The Morgan fingerprint density at radius 2 is 2.35 bits per heavy atom. The normalized spacial score (nSPS) is 11.5. The number of carbonyl (C=O) groups is 1. The molecule has 1 amide bonds. The summed E-state index contributed by atoms with van der Waals surface area (Å²) in [6.07, 6.45) is 6.92. The average Bonchev–Trinajstić information content (AvgIpc) is 2.31. The first kappa shape index (κ1) is 12.9. The Balaban J connectivity index is 2.76. The van der Waals surface area contributed by atoms with Crippen LogP contribution in [0.1, 0.15) is 30.1 Å². The SMILES string of the molecule is C#CC(CCC)NC(=O)c1ccc(N)c(O)c1. The maximum atomic E-state index is 11.8. The van der Waals surface area contributed by atoms with Crippen molar-refractivity contribution in [3.05, 3.63) is 23.8 Å². The molecule has 0 bridgehead atoms. The predicted octanol–water partition coefficient (Wildman–Crippen LogP) is 1.51. The summed E-state index contributed by atoms with van der Waals surface area (Å²) in [4.78, 5) is 11.8. The Hall–Kier alpha value is -2.15. The van der Waals surface area contributed by atoms with Crippen molar-refractivity contribution < 1.29 is 9.90 Å². The summed E-state index contributed by atoms with van der Waals surface area (Å²) in [6.45, 7) is 1.99. The average molecular weight is 232 g/mol. The van der Waals surface area contributed by atoms with Crippen LogP contribution in [-0.2, 0) is 0 Å². The molecule has 4 nitrogen and oxygen atoms in total. The van der Waals surface area contributed by atoms with Crippen LogP contribution in [-0.4, -0.2) is 17.1 Å². The van der Waals surface area contributed by atoms with Crippen LogP contribution in [0, 0.1) is 12.3 Å². The summed E-state index contributed by atoms with van der Waals surface area (Å²) < 4.78 is 0. The number of hydrogen-bond donors (Lipinski definition) is 3. The number of amides is 1. The summed E-state index contributed by atoms with van der Waals surface area (Å²) in [5, 5.41) is 12.1. The molecule has 17 heavy (non-hydrogen) atoms. The molecule has 0 saturated heterocycles. The summed E-state index contributed by atoms with van der Waals surface area (Å²) in [6, 6.07) is 4.07. The third-order valence-corrected chi connectivity index (χ3v) is 2.38. The van der Waals surface area contributed by atoms with Crippen molar-refractivity contribution in [3.8, 4) is 18.1 Å². The minimum atomic E-state index is -0.309. The van der Waals surface area contributed by atoms with Crippen LogP contribution < -0.4 is 11.1 Å². The number of benzene rings is 1. The van der Waals surface area contributed by atoms with E-state index in [2.05, 4.69) is 11.2 Å². The number of anilines is 1. The van der Waals surface area contributed by atoms with Crippen LogP contribution in [0.15, 0.2) is 18.2 Å². The second-order valence-corrected chi connectivity index (χ2v) is 3.75. The van der Waals surface area contributed by atoms with Gasteiger partial charge in [-0.05, 0) is 24.6 Å². The van der Waals surface area contributed by atoms with E-state index < -0.39 is 0 Å². The second-order valence-electron chi connectivity index (χ2n) is 3.75. The van der Waals surface area contributed by atoms with Gasteiger partial charge in [0.05, 0.1) is 11.7 Å². The molecule has 0 spiro atoms. The van der Waals surface area contributed by atoms with E-state index in [4.69, 9.17) is 12.2 Å². The van der Waals surface area contributed by atoms with Gasteiger partial charge in [0.1, 0.15) is 5.75 Å². The maximum absolute atomic E-state index is 11.8. The molecule has 0 saturated carbocycles. The molecule has 0 aliphatic rings. The van der Waals surface area contributed by atoms with Crippen LogP contribution in [0.3, 0.4) is 0 Å². The molecule has 1 aromatic rings. The molecule has 0 aromatic heterocycles. The summed E-state index contributed by atoms with van der Waals surface area (Å²) in [5.41, 5.74) is 6.03. The maximum Gasteiger partial charge on any atom is 0.252 e. The zero-order valence-electron chi connectivity index (χ0n) is 9.73. The number of phenols is 1. The Morgan fingerprint density at radius 3 is 2.88 bits per heavy atom. The highest BCUT2D eigenvalue weighted by Crippen LogP contribution is 2.20. The van der Waals surface area contributed by atoms with Crippen molar-refractivity contribution in [1.82, 2.24) is 5.32 Å². The number of aromatic hydroxyl groups is 1. The molecule has 4 heteroatoms. The van der Waals surface area contributed by atoms with E-state index >= 15 is 0 Å². The zero-order chi connectivity index (χ0) is 12.8. The van der Waals surface area contributed by atoms with Crippen LogP contribution in [0.2, 0.25) is 0 Å². The number of nitrogen functional groups attached to an aromatic ring is 1. The lowest BCUT2D eigenvalue weighted by Gasteiger charge is -2.12. The van der Waals surface area contributed by atoms with Gasteiger partial charge in [0.2, 0.25) is 0 Å². The van der Waals surface area contributed by atoms with Gasteiger partial charge in [0, 0.05) is 5.56 Å². The Morgan fingerprint density at radius 1 is 1.65 bits per heavy atom. The minimum Gasteiger partial charge on any atom is -0.506 e. The van der Waals surface area contributed by atoms with Gasteiger partial charge in [-0.15, -0.1) is 6.42 Å². The fourth-order valence-electron chi connectivity index (χ4n) is 1.41. The van der Waals surface area contributed by atoms with Gasteiger partial charge in [-0.3, -0.25) is 4.79 Å². The lowest BCUT2D eigenvalue weighted by Crippen LogP contribution is -2.33. The number of carbonyl (C=O) groups excluding carboxylic acids is 1. The number of terminal acetylenes is 1. The van der Waals surface area contributed by atoms with Gasteiger partial charge < -0.3 is 16.2 Å². The summed E-state index contributed by atoms with van der Waals surface area (Å²) in [5.74, 6) is 2.10. The lowest BCUT2D eigenvalue weighted by atomic mass is 10.1. The van der Waals surface area contributed by atoms with Gasteiger partial charge in [-0.1, -0.05) is 19.3 Å². The van der Waals surface area contributed by atoms with Crippen molar-refractivity contribution >= 4 is 11.6 Å². The number of rotatable bonds is 4. The topological polar surface area (TPSA) is 75.4 Å². The molecule has 4 N–H and O–H groups in total. The molecule has 1 aromatic carbocycles. The van der Waals surface area contributed by atoms with Gasteiger partial charge in [0.15, 0.2) is 0 Å². The fraction of sp³-hybridized carbons (Fsp3) is 0.308. The molecule has 1 rings (SSSR count). The number of nitrogens with two attached hydrogens (primary N) is 1. The van der Waals surface area contributed by atoms with Crippen molar-refractivity contribution in [3.63, 3.8) is 0 Å². The van der Waals surface area contributed by atoms with E-state index in [1.54, 1.807) is 6.07 Å². The Labute approximate surface area is 101 Å². The zero-order valence-corrected chi connectivity index (χ0v) is 9.73. The Kier molecular flexibility index (Phi) is 4.41. The first-order valence-corrected chi connectivity index (χ1v) is 5.44. The van der Waals surface area contributed by atoms with E-state index in [1.165, 1.54) is 12.1 Å². The lowest BCUT2D eigenvalue weighted by molar-refractivity contribution is 0.0944. The standard InChI is InChI=1S/C13H16N2O2/c1-3-5-10(4-2)15-13(17)9-6-7-11(14)12(16)8-9/h2,6-8,10,16H,3,5,14H2,1H3,(H,15,17). The Bertz CT molecular complexity index is 449. The molecule has 1 atom stereocenters. The molecule has 0 radical (unpaired) electrons.